The van der Waals surface area contributed by atoms with E-state index in [2.05, 4.69) is 22.4 Å². The van der Waals surface area contributed by atoms with Crippen LogP contribution in [-0.2, 0) is 4.79 Å². The Bertz CT molecular complexity index is 1250. The number of fused-ring (bicyclic) bond motifs is 1. The molecule has 0 radical (unpaired) electrons. The third-order valence-corrected chi connectivity index (χ3v) is 4.97. The summed E-state index contributed by atoms with van der Waals surface area (Å²) in [5.74, 6) is -0.0578. The topological polar surface area (TPSA) is 70.7 Å². The first kappa shape index (κ1) is 18.5. The number of nitriles is 1. The molecule has 0 aliphatic rings. The van der Waals surface area contributed by atoms with Crippen molar-refractivity contribution in [3.8, 4) is 22.9 Å². The Balaban J connectivity index is 1.74. The van der Waals surface area contributed by atoms with Gasteiger partial charge in [0.25, 0.3) is 0 Å². The fourth-order valence-corrected chi connectivity index (χ4v) is 3.55. The lowest BCUT2D eigenvalue weighted by Gasteiger charge is -2.13. The van der Waals surface area contributed by atoms with Gasteiger partial charge in [-0.2, -0.15) is 5.26 Å². The van der Waals surface area contributed by atoms with E-state index >= 15 is 0 Å². The molecule has 1 N–H and O–H groups in total. The predicted octanol–water partition coefficient (Wildman–Crippen LogP) is 4.76. The number of carbonyl (C=O) groups excluding carboxylic acids is 1. The molecule has 1 heterocycles. The number of benzene rings is 3. The van der Waals surface area contributed by atoms with Crippen LogP contribution in [0.4, 0.5) is 0 Å². The highest BCUT2D eigenvalue weighted by Crippen LogP contribution is 2.27. The van der Waals surface area contributed by atoms with Gasteiger partial charge in [0.1, 0.15) is 6.33 Å². The van der Waals surface area contributed by atoms with E-state index in [0.29, 0.717) is 5.56 Å². The number of hydrogen-bond acceptors (Lipinski definition) is 3. The van der Waals surface area contributed by atoms with Crippen LogP contribution in [0.5, 0.6) is 0 Å². The third kappa shape index (κ3) is 3.61. The number of nitrogens with one attached hydrogen (secondary N) is 1. The molecule has 0 aliphatic carbocycles. The number of carbonyl (C=O) groups is 1. The Kier molecular flexibility index (Phi) is 4.84. The number of amides is 1. The molecule has 0 spiro atoms. The maximum absolute atomic E-state index is 11.3. The molecule has 1 amide bonds. The molecule has 1 atom stereocenters. The average molecular weight is 380 g/mol. The van der Waals surface area contributed by atoms with Crippen molar-refractivity contribution in [2.24, 2.45) is 0 Å². The molecule has 0 saturated carbocycles. The second-order valence-corrected chi connectivity index (χ2v) is 6.99. The molecule has 0 unspecified atom stereocenters. The SMILES string of the molecule is CC(=O)N[C@H](C)c1ccc2c(c1)ncn2-c1cccc(-c2ccccc2C#N)c1. The molecular weight excluding hydrogens is 360 g/mol. The fraction of sp³-hybridized carbons (Fsp3) is 0.125. The van der Waals surface area contributed by atoms with Crippen LogP contribution >= 0.6 is 0 Å². The molecule has 0 fully saturated rings. The van der Waals surface area contributed by atoms with Gasteiger partial charge in [-0.05, 0) is 53.9 Å². The van der Waals surface area contributed by atoms with E-state index in [-0.39, 0.29) is 11.9 Å². The van der Waals surface area contributed by atoms with E-state index in [1.165, 1.54) is 6.92 Å². The van der Waals surface area contributed by atoms with E-state index in [0.717, 1.165) is 33.4 Å². The van der Waals surface area contributed by atoms with Gasteiger partial charge < -0.3 is 5.32 Å². The summed E-state index contributed by atoms with van der Waals surface area (Å²) in [5.41, 5.74) is 6.37. The minimum Gasteiger partial charge on any atom is -0.350 e. The van der Waals surface area contributed by atoms with Crippen molar-refractivity contribution < 1.29 is 4.79 Å². The van der Waals surface area contributed by atoms with Crippen LogP contribution in [0.3, 0.4) is 0 Å². The summed E-state index contributed by atoms with van der Waals surface area (Å²) >= 11 is 0. The van der Waals surface area contributed by atoms with Crippen molar-refractivity contribution in [3.05, 3.63) is 84.2 Å². The van der Waals surface area contributed by atoms with E-state index in [1.807, 2.05) is 72.2 Å². The lowest BCUT2D eigenvalue weighted by Crippen LogP contribution is -2.23. The molecule has 0 aliphatic heterocycles. The summed E-state index contributed by atoms with van der Waals surface area (Å²) < 4.78 is 2.03. The first-order chi connectivity index (χ1) is 14.1. The monoisotopic (exact) mass is 380 g/mol. The quantitative estimate of drug-likeness (QED) is 0.555. The predicted molar refractivity (Wildman–Crippen MR) is 113 cm³/mol. The summed E-state index contributed by atoms with van der Waals surface area (Å²) in [6.45, 7) is 3.47. The van der Waals surface area contributed by atoms with Gasteiger partial charge in [0.2, 0.25) is 5.91 Å². The molecule has 142 valence electrons. The van der Waals surface area contributed by atoms with Gasteiger partial charge in [-0.3, -0.25) is 9.36 Å². The van der Waals surface area contributed by atoms with Crippen molar-refractivity contribution in [2.45, 2.75) is 19.9 Å². The molecule has 5 nitrogen and oxygen atoms in total. The molecule has 4 rings (SSSR count). The van der Waals surface area contributed by atoms with Gasteiger partial charge >= 0.3 is 0 Å². The van der Waals surface area contributed by atoms with Crippen LogP contribution in [0.2, 0.25) is 0 Å². The van der Waals surface area contributed by atoms with Crippen LogP contribution in [0.1, 0.15) is 31.0 Å². The van der Waals surface area contributed by atoms with Crippen LogP contribution in [-0.4, -0.2) is 15.5 Å². The molecule has 29 heavy (non-hydrogen) atoms. The van der Waals surface area contributed by atoms with Crippen molar-refractivity contribution >= 4 is 16.9 Å². The van der Waals surface area contributed by atoms with E-state index in [1.54, 1.807) is 6.33 Å². The van der Waals surface area contributed by atoms with Gasteiger partial charge in [0, 0.05) is 12.6 Å². The van der Waals surface area contributed by atoms with Crippen molar-refractivity contribution in [1.29, 1.82) is 5.26 Å². The maximum atomic E-state index is 11.3. The summed E-state index contributed by atoms with van der Waals surface area (Å²) in [7, 11) is 0. The molecule has 4 aromatic rings. The zero-order chi connectivity index (χ0) is 20.4. The lowest BCUT2D eigenvalue weighted by atomic mass is 10.00. The Morgan fingerprint density at radius 1 is 1.10 bits per heavy atom. The maximum Gasteiger partial charge on any atom is 0.217 e. The zero-order valence-electron chi connectivity index (χ0n) is 16.3. The molecule has 5 heteroatoms. The summed E-state index contributed by atoms with van der Waals surface area (Å²) in [4.78, 5) is 15.9. The highest BCUT2D eigenvalue weighted by atomic mass is 16.1. The van der Waals surface area contributed by atoms with Crippen LogP contribution in [0.25, 0.3) is 27.8 Å². The minimum absolute atomic E-state index is 0.0578. The minimum atomic E-state index is -0.0761. The summed E-state index contributed by atoms with van der Waals surface area (Å²) in [6, 6.07) is 23.9. The van der Waals surface area contributed by atoms with Crippen molar-refractivity contribution in [1.82, 2.24) is 14.9 Å². The summed E-state index contributed by atoms with van der Waals surface area (Å²) in [5, 5.41) is 12.3. The Labute approximate surface area is 169 Å². The van der Waals surface area contributed by atoms with Gasteiger partial charge in [-0.1, -0.05) is 36.4 Å². The Morgan fingerprint density at radius 3 is 2.72 bits per heavy atom. The molecule has 0 bridgehead atoms. The largest absolute Gasteiger partial charge is 0.350 e. The van der Waals surface area contributed by atoms with Crippen LogP contribution in [0.15, 0.2) is 73.1 Å². The second-order valence-electron chi connectivity index (χ2n) is 6.99. The van der Waals surface area contributed by atoms with E-state index < -0.39 is 0 Å². The third-order valence-electron chi connectivity index (χ3n) is 4.97. The average Bonchev–Trinajstić information content (AvgIpc) is 3.16. The Hall–Kier alpha value is -3.91. The number of aromatic nitrogens is 2. The molecular formula is C24H20N4O. The number of rotatable bonds is 4. The first-order valence-corrected chi connectivity index (χ1v) is 9.41. The van der Waals surface area contributed by atoms with Gasteiger partial charge in [0.05, 0.1) is 28.7 Å². The van der Waals surface area contributed by atoms with Gasteiger partial charge in [-0.15, -0.1) is 0 Å². The number of imidazole rings is 1. The van der Waals surface area contributed by atoms with Crippen molar-refractivity contribution in [3.63, 3.8) is 0 Å². The highest BCUT2D eigenvalue weighted by Gasteiger charge is 2.11. The van der Waals surface area contributed by atoms with Crippen LogP contribution in [0, 0.1) is 11.3 Å². The standard InChI is InChI=1S/C24H20N4O/c1-16(27-17(2)29)18-10-11-24-23(13-18)26-15-28(24)21-8-5-7-19(12-21)22-9-4-3-6-20(22)14-25/h3-13,15-16H,1-2H3,(H,27,29)/t16-/m1/s1. The van der Waals surface area contributed by atoms with Gasteiger partial charge in [-0.25, -0.2) is 4.98 Å². The molecule has 1 aromatic heterocycles. The molecule has 0 saturated heterocycles. The lowest BCUT2D eigenvalue weighted by molar-refractivity contribution is -0.119. The van der Waals surface area contributed by atoms with Crippen molar-refractivity contribution in [2.75, 3.05) is 0 Å². The first-order valence-electron chi connectivity index (χ1n) is 9.41. The second kappa shape index (κ2) is 7.61. The normalized spacial score (nSPS) is 11.8. The Morgan fingerprint density at radius 2 is 1.93 bits per heavy atom. The highest BCUT2D eigenvalue weighted by molar-refractivity contribution is 5.80. The summed E-state index contributed by atoms with van der Waals surface area (Å²) in [6.07, 6.45) is 1.80. The van der Waals surface area contributed by atoms with Crippen LogP contribution < -0.4 is 5.32 Å². The van der Waals surface area contributed by atoms with E-state index in [4.69, 9.17) is 0 Å². The van der Waals surface area contributed by atoms with Gasteiger partial charge in [0.15, 0.2) is 0 Å². The number of nitrogens with zero attached hydrogens (tertiary/aromatic N) is 3. The van der Waals surface area contributed by atoms with E-state index in [9.17, 15) is 10.1 Å². The zero-order valence-corrected chi connectivity index (χ0v) is 16.3. The molecule has 3 aromatic carbocycles. The fourth-order valence-electron chi connectivity index (χ4n) is 3.55. The smallest absolute Gasteiger partial charge is 0.217 e. The number of hydrogen-bond donors (Lipinski definition) is 1.